The molecule has 0 bridgehead atoms. The van der Waals surface area contributed by atoms with E-state index in [-0.39, 0.29) is 0 Å². The second kappa shape index (κ2) is 6.76. The van der Waals surface area contributed by atoms with Crippen molar-refractivity contribution in [3.63, 3.8) is 0 Å². The fraction of sp³-hybridized carbons (Fsp3) is 0.400. The molecule has 1 aromatic heterocycles. The Morgan fingerprint density at radius 2 is 1.76 bits per heavy atom. The molecular weight excluding hydrogens is 279 g/mol. The van der Waals surface area contributed by atoms with Gasteiger partial charge in [-0.15, -0.1) is 0 Å². The predicted octanol–water partition coefficient (Wildman–Crippen LogP) is 3.10. The molecule has 0 spiro atoms. The van der Waals surface area contributed by atoms with Gasteiger partial charge in [0.05, 0.1) is 5.69 Å². The molecule has 0 amide bonds. The number of hydrogen-bond donors (Lipinski definition) is 1. The van der Waals surface area contributed by atoms with E-state index in [0.29, 0.717) is 18.7 Å². The quantitative estimate of drug-likeness (QED) is 0.656. The minimum absolute atomic E-state index is 0.297. The van der Waals surface area contributed by atoms with Gasteiger partial charge >= 0.3 is 0 Å². The topological polar surface area (TPSA) is 29.9 Å². The Hall–Kier alpha value is -1.82. The molecule has 0 radical (unpaired) electrons. The molecule has 114 valence electrons. The molecule has 0 saturated carbocycles. The number of halogens is 3. The Kier molecular flexibility index (Phi) is 5.01. The van der Waals surface area contributed by atoms with Gasteiger partial charge in [0.25, 0.3) is 0 Å². The Bertz CT molecular complexity index is 600. The summed E-state index contributed by atoms with van der Waals surface area (Å²) in [5.74, 6) is -3.74. The highest BCUT2D eigenvalue weighted by Crippen LogP contribution is 2.13. The lowest BCUT2D eigenvalue weighted by Gasteiger charge is -2.07. The van der Waals surface area contributed by atoms with E-state index < -0.39 is 17.5 Å². The van der Waals surface area contributed by atoms with Gasteiger partial charge in [0.2, 0.25) is 0 Å². The molecule has 0 unspecified atom stereocenters. The molecule has 1 aromatic carbocycles. The summed E-state index contributed by atoms with van der Waals surface area (Å²) in [6.45, 7) is 5.69. The van der Waals surface area contributed by atoms with Crippen molar-refractivity contribution in [3.05, 3.63) is 52.6 Å². The molecule has 0 saturated heterocycles. The standard InChI is InChI=1S/C15H18F3N3/c1-10-6-11(2)21(20-10)5-3-4-19-9-12-7-13(16)15(18)14(17)8-12/h6-8,19H,3-5,9H2,1-2H3. The van der Waals surface area contributed by atoms with E-state index in [1.807, 2.05) is 24.6 Å². The second-order valence-corrected chi connectivity index (χ2v) is 5.05. The van der Waals surface area contributed by atoms with E-state index in [2.05, 4.69) is 10.4 Å². The zero-order chi connectivity index (χ0) is 15.4. The van der Waals surface area contributed by atoms with Crippen LogP contribution in [0.3, 0.4) is 0 Å². The number of rotatable bonds is 6. The number of hydrogen-bond acceptors (Lipinski definition) is 2. The fourth-order valence-corrected chi connectivity index (χ4v) is 2.20. The van der Waals surface area contributed by atoms with Gasteiger partial charge in [-0.2, -0.15) is 5.10 Å². The minimum Gasteiger partial charge on any atom is -0.313 e. The normalized spacial score (nSPS) is 11.1. The van der Waals surface area contributed by atoms with E-state index in [1.54, 1.807) is 0 Å². The molecule has 0 aliphatic carbocycles. The predicted molar refractivity (Wildman–Crippen MR) is 74.3 cm³/mol. The van der Waals surface area contributed by atoms with Gasteiger partial charge in [0.1, 0.15) is 0 Å². The van der Waals surface area contributed by atoms with E-state index >= 15 is 0 Å². The van der Waals surface area contributed by atoms with Gasteiger partial charge in [0.15, 0.2) is 17.5 Å². The molecule has 6 heteroatoms. The minimum atomic E-state index is -1.43. The highest BCUT2D eigenvalue weighted by molar-refractivity contribution is 5.19. The van der Waals surface area contributed by atoms with Crippen LogP contribution in [-0.2, 0) is 13.1 Å². The van der Waals surface area contributed by atoms with Crippen molar-refractivity contribution < 1.29 is 13.2 Å². The summed E-state index contributed by atoms with van der Waals surface area (Å²) < 4.78 is 40.8. The Balaban J connectivity index is 1.76. The van der Waals surface area contributed by atoms with Crippen LogP contribution in [0.2, 0.25) is 0 Å². The van der Waals surface area contributed by atoms with Gasteiger partial charge in [-0.3, -0.25) is 4.68 Å². The molecule has 0 aliphatic rings. The fourth-order valence-electron chi connectivity index (χ4n) is 2.20. The van der Waals surface area contributed by atoms with Crippen LogP contribution in [0, 0.1) is 31.3 Å². The summed E-state index contributed by atoms with van der Waals surface area (Å²) in [5.41, 5.74) is 2.48. The molecule has 0 atom stereocenters. The van der Waals surface area contributed by atoms with Crippen LogP contribution in [0.1, 0.15) is 23.4 Å². The zero-order valence-electron chi connectivity index (χ0n) is 12.1. The molecule has 2 rings (SSSR count). The highest BCUT2D eigenvalue weighted by Gasteiger charge is 2.10. The van der Waals surface area contributed by atoms with E-state index in [0.717, 1.165) is 36.5 Å². The number of aryl methyl sites for hydroxylation is 3. The third-order valence-electron chi connectivity index (χ3n) is 3.20. The van der Waals surface area contributed by atoms with Crippen molar-refractivity contribution in [3.8, 4) is 0 Å². The maximum absolute atomic E-state index is 13.0. The third kappa shape index (κ3) is 4.07. The van der Waals surface area contributed by atoms with Crippen molar-refractivity contribution in [2.45, 2.75) is 33.4 Å². The van der Waals surface area contributed by atoms with Gasteiger partial charge in [0, 0.05) is 18.8 Å². The summed E-state index contributed by atoms with van der Waals surface area (Å²) in [6, 6.07) is 4.02. The van der Waals surface area contributed by atoms with Crippen LogP contribution in [0.4, 0.5) is 13.2 Å². The molecule has 3 nitrogen and oxygen atoms in total. The molecule has 0 aliphatic heterocycles. The Labute approximate surface area is 121 Å². The smallest absolute Gasteiger partial charge is 0.194 e. The average molecular weight is 297 g/mol. The summed E-state index contributed by atoms with van der Waals surface area (Å²) in [5, 5.41) is 7.42. The number of nitrogens with one attached hydrogen (secondary N) is 1. The van der Waals surface area contributed by atoms with Gasteiger partial charge < -0.3 is 5.32 Å². The summed E-state index contributed by atoms with van der Waals surface area (Å²) in [4.78, 5) is 0. The average Bonchev–Trinajstić information content (AvgIpc) is 2.74. The first kappa shape index (κ1) is 15.6. The first-order valence-electron chi connectivity index (χ1n) is 6.82. The summed E-state index contributed by atoms with van der Waals surface area (Å²) in [7, 11) is 0. The second-order valence-electron chi connectivity index (χ2n) is 5.05. The first-order chi connectivity index (χ1) is 9.97. The Morgan fingerprint density at radius 1 is 1.10 bits per heavy atom. The monoisotopic (exact) mass is 297 g/mol. The lowest BCUT2D eigenvalue weighted by Crippen LogP contribution is -2.17. The first-order valence-corrected chi connectivity index (χ1v) is 6.82. The molecule has 21 heavy (non-hydrogen) atoms. The van der Waals surface area contributed by atoms with Gasteiger partial charge in [-0.05, 0) is 50.6 Å². The lowest BCUT2D eigenvalue weighted by atomic mass is 10.2. The van der Waals surface area contributed by atoms with Crippen LogP contribution in [0.5, 0.6) is 0 Å². The van der Waals surface area contributed by atoms with Crippen molar-refractivity contribution in [1.82, 2.24) is 15.1 Å². The number of nitrogens with zero attached hydrogens (tertiary/aromatic N) is 2. The van der Waals surface area contributed by atoms with Crippen molar-refractivity contribution >= 4 is 0 Å². The third-order valence-corrected chi connectivity index (χ3v) is 3.20. The van der Waals surface area contributed by atoms with E-state index in [4.69, 9.17) is 0 Å². The van der Waals surface area contributed by atoms with E-state index in [1.165, 1.54) is 0 Å². The number of aromatic nitrogens is 2. The number of benzene rings is 1. The lowest BCUT2D eigenvalue weighted by molar-refractivity contribution is 0.444. The van der Waals surface area contributed by atoms with Crippen LogP contribution < -0.4 is 5.32 Å². The highest BCUT2D eigenvalue weighted by atomic mass is 19.2. The molecule has 2 aromatic rings. The van der Waals surface area contributed by atoms with Crippen LogP contribution >= 0.6 is 0 Å². The van der Waals surface area contributed by atoms with Crippen molar-refractivity contribution in [1.29, 1.82) is 0 Å². The maximum Gasteiger partial charge on any atom is 0.194 e. The SMILES string of the molecule is Cc1cc(C)n(CCCNCc2cc(F)c(F)c(F)c2)n1. The molecule has 0 fully saturated rings. The Morgan fingerprint density at radius 3 is 2.33 bits per heavy atom. The van der Waals surface area contributed by atoms with Crippen molar-refractivity contribution in [2.75, 3.05) is 6.54 Å². The molecule has 1 heterocycles. The maximum atomic E-state index is 13.0. The molecular formula is C15H18F3N3. The van der Waals surface area contributed by atoms with Crippen molar-refractivity contribution in [2.24, 2.45) is 0 Å². The zero-order valence-corrected chi connectivity index (χ0v) is 12.1. The molecule has 1 N–H and O–H groups in total. The van der Waals surface area contributed by atoms with Crippen LogP contribution in [0.15, 0.2) is 18.2 Å². The largest absolute Gasteiger partial charge is 0.313 e. The summed E-state index contributed by atoms with van der Waals surface area (Å²) >= 11 is 0. The van der Waals surface area contributed by atoms with Crippen LogP contribution in [-0.4, -0.2) is 16.3 Å². The van der Waals surface area contributed by atoms with Crippen LogP contribution in [0.25, 0.3) is 0 Å². The summed E-state index contributed by atoms with van der Waals surface area (Å²) in [6.07, 6.45) is 0.841. The van der Waals surface area contributed by atoms with Gasteiger partial charge in [-0.25, -0.2) is 13.2 Å². The van der Waals surface area contributed by atoms with E-state index in [9.17, 15) is 13.2 Å². The van der Waals surface area contributed by atoms with Gasteiger partial charge in [-0.1, -0.05) is 0 Å².